The lowest BCUT2D eigenvalue weighted by molar-refractivity contribution is -0.138. The molecule has 0 heterocycles. The molecule has 0 aliphatic heterocycles. The Labute approximate surface area is 243 Å². The summed E-state index contributed by atoms with van der Waals surface area (Å²) in [5.74, 6) is -1.31. The zero-order valence-electron chi connectivity index (χ0n) is 26.0. The van der Waals surface area contributed by atoms with Crippen LogP contribution < -0.4 is 0 Å². The summed E-state index contributed by atoms with van der Waals surface area (Å²) in [4.78, 5) is 20.9. The first-order valence-corrected chi connectivity index (χ1v) is 17.6. The molecule has 0 amide bonds. The zero-order valence-corrected chi connectivity index (χ0v) is 26.0. The molecule has 0 aliphatic rings. The van der Waals surface area contributed by atoms with Gasteiger partial charge in [0, 0.05) is 12.8 Å². The third-order valence-electron chi connectivity index (χ3n) is 8.28. The molecule has 0 aromatic heterocycles. The molecule has 0 saturated carbocycles. The fourth-order valence-electron chi connectivity index (χ4n) is 5.68. The maximum atomic E-state index is 10.5. The normalized spacial score (nSPS) is 11.3. The molecule has 4 heteroatoms. The van der Waals surface area contributed by atoms with E-state index in [1.165, 1.54) is 173 Å². The van der Waals surface area contributed by atoms with E-state index in [1.54, 1.807) is 0 Å². The average molecular weight is 553 g/mol. The lowest BCUT2D eigenvalue weighted by atomic mass is 10.0. The van der Waals surface area contributed by atoms with Crippen molar-refractivity contribution in [2.45, 2.75) is 212 Å². The van der Waals surface area contributed by atoms with Crippen LogP contribution in [0.2, 0.25) is 0 Å². The fraction of sp³-hybridized carbons (Fsp3) is 0.943. The molecule has 39 heavy (non-hydrogen) atoms. The van der Waals surface area contributed by atoms with Crippen LogP contribution in [0.15, 0.2) is 0 Å². The number of carbonyl (C=O) groups is 2. The molecule has 0 rings (SSSR count). The lowest BCUT2D eigenvalue weighted by Gasteiger charge is -2.04. The molecule has 0 spiro atoms. The van der Waals surface area contributed by atoms with E-state index in [0.29, 0.717) is 12.8 Å². The summed E-state index contributed by atoms with van der Waals surface area (Å²) in [6.45, 7) is 0. The molecule has 0 atom stereocenters. The Balaban J connectivity index is 3.04. The Morgan fingerprint density at radius 2 is 0.333 bits per heavy atom. The Hall–Kier alpha value is -1.06. The number of rotatable bonds is 34. The Kier molecular flexibility index (Phi) is 32.2. The number of hydrogen-bond donors (Lipinski definition) is 2. The highest BCUT2D eigenvalue weighted by atomic mass is 16.4. The van der Waals surface area contributed by atoms with Crippen molar-refractivity contribution >= 4 is 11.9 Å². The zero-order chi connectivity index (χ0) is 28.5. The number of unbranched alkanes of at least 4 members (excludes halogenated alkanes) is 30. The first-order chi connectivity index (χ1) is 19.1. The molecular formula is C35H68O4. The van der Waals surface area contributed by atoms with Crippen LogP contribution in [0.4, 0.5) is 0 Å². The summed E-state index contributed by atoms with van der Waals surface area (Å²) in [5, 5.41) is 17.3. The van der Waals surface area contributed by atoms with Crippen molar-refractivity contribution in [2.75, 3.05) is 0 Å². The molecule has 0 bridgehead atoms. The number of carboxylic acid groups (broad SMARTS) is 2. The third-order valence-corrected chi connectivity index (χ3v) is 8.28. The molecule has 0 aliphatic carbocycles. The Bertz CT molecular complexity index is 461. The topological polar surface area (TPSA) is 74.6 Å². The third kappa shape index (κ3) is 36.9. The van der Waals surface area contributed by atoms with E-state index in [0.717, 1.165) is 25.7 Å². The summed E-state index contributed by atoms with van der Waals surface area (Å²) in [6, 6.07) is 0. The van der Waals surface area contributed by atoms with E-state index in [2.05, 4.69) is 0 Å². The highest BCUT2D eigenvalue weighted by Crippen LogP contribution is 2.17. The fourth-order valence-corrected chi connectivity index (χ4v) is 5.68. The van der Waals surface area contributed by atoms with Crippen molar-refractivity contribution in [3.8, 4) is 0 Å². The molecule has 2 N–H and O–H groups in total. The Morgan fingerprint density at radius 3 is 0.436 bits per heavy atom. The Morgan fingerprint density at radius 1 is 0.231 bits per heavy atom. The van der Waals surface area contributed by atoms with E-state index in [-0.39, 0.29) is 0 Å². The van der Waals surface area contributed by atoms with Gasteiger partial charge in [-0.25, -0.2) is 0 Å². The number of aliphatic carboxylic acids is 2. The molecule has 232 valence electrons. The molecule has 0 saturated heterocycles. The molecule has 0 unspecified atom stereocenters. The molecule has 0 aromatic carbocycles. The molecule has 0 fully saturated rings. The van der Waals surface area contributed by atoms with Gasteiger partial charge < -0.3 is 10.2 Å². The average Bonchev–Trinajstić information content (AvgIpc) is 2.91. The first-order valence-electron chi connectivity index (χ1n) is 17.6. The van der Waals surface area contributed by atoms with Gasteiger partial charge in [-0.1, -0.05) is 186 Å². The monoisotopic (exact) mass is 553 g/mol. The summed E-state index contributed by atoms with van der Waals surface area (Å²) >= 11 is 0. The van der Waals surface area contributed by atoms with Crippen LogP contribution in [-0.4, -0.2) is 22.2 Å². The number of hydrogen-bond acceptors (Lipinski definition) is 2. The van der Waals surface area contributed by atoms with Gasteiger partial charge in [0.25, 0.3) is 0 Å². The molecule has 4 nitrogen and oxygen atoms in total. The van der Waals surface area contributed by atoms with Crippen LogP contribution in [0.1, 0.15) is 212 Å². The van der Waals surface area contributed by atoms with Gasteiger partial charge in [-0.3, -0.25) is 9.59 Å². The standard InChI is InChI=1S/C35H68O4/c36-34(37)32-30-28-26-24-22-20-18-16-14-12-10-8-6-4-2-1-3-5-7-9-11-13-15-17-19-21-23-25-27-29-31-33-35(38)39/h1-33H2,(H,36,37)(H,38,39). The minimum Gasteiger partial charge on any atom is -0.481 e. The lowest BCUT2D eigenvalue weighted by Crippen LogP contribution is -1.93. The second-order valence-corrected chi connectivity index (χ2v) is 12.2. The van der Waals surface area contributed by atoms with Gasteiger partial charge in [-0.15, -0.1) is 0 Å². The van der Waals surface area contributed by atoms with E-state index < -0.39 is 11.9 Å². The van der Waals surface area contributed by atoms with E-state index in [9.17, 15) is 9.59 Å². The maximum Gasteiger partial charge on any atom is 0.303 e. The summed E-state index contributed by atoms with van der Waals surface area (Å²) in [5.41, 5.74) is 0. The van der Waals surface area contributed by atoms with Gasteiger partial charge in [0.05, 0.1) is 0 Å². The second kappa shape index (κ2) is 33.1. The van der Waals surface area contributed by atoms with Crippen molar-refractivity contribution in [2.24, 2.45) is 0 Å². The molecule has 0 radical (unpaired) electrons. The van der Waals surface area contributed by atoms with Crippen LogP contribution in [-0.2, 0) is 9.59 Å². The van der Waals surface area contributed by atoms with Crippen molar-refractivity contribution in [3.63, 3.8) is 0 Å². The molecular weight excluding hydrogens is 484 g/mol. The van der Waals surface area contributed by atoms with Crippen LogP contribution in [0, 0.1) is 0 Å². The SMILES string of the molecule is O=C(O)CCCCCCCCCCCCCCCCCCCCCCCCCCCCCCCCCC(=O)O. The van der Waals surface area contributed by atoms with Crippen LogP contribution >= 0.6 is 0 Å². The van der Waals surface area contributed by atoms with Gasteiger partial charge in [-0.05, 0) is 12.8 Å². The van der Waals surface area contributed by atoms with Crippen molar-refractivity contribution < 1.29 is 19.8 Å². The minimum absolute atomic E-state index is 0.339. The quantitative estimate of drug-likeness (QED) is 0.0778. The maximum absolute atomic E-state index is 10.5. The smallest absolute Gasteiger partial charge is 0.303 e. The highest BCUT2D eigenvalue weighted by Gasteiger charge is 1.99. The van der Waals surface area contributed by atoms with Crippen LogP contribution in [0.5, 0.6) is 0 Å². The second-order valence-electron chi connectivity index (χ2n) is 12.2. The summed E-state index contributed by atoms with van der Waals surface area (Å²) in [6.07, 6.45) is 42.0. The van der Waals surface area contributed by atoms with Gasteiger partial charge in [0.15, 0.2) is 0 Å². The van der Waals surface area contributed by atoms with E-state index in [1.807, 2.05) is 0 Å². The summed E-state index contributed by atoms with van der Waals surface area (Å²) in [7, 11) is 0. The largest absolute Gasteiger partial charge is 0.481 e. The van der Waals surface area contributed by atoms with E-state index in [4.69, 9.17) is 10.2 Å². The van der Waals surface area contributed by atoms with E-state index >= 15 is 0 Å². The van der Waals surface area contributed by atoms with Crippen molar-refractivity contribution in [1.29, 1.82) is 0 Å². The van der Waals surface area contributed by atoms with Crippen LogP contribution in [0.3, 0.4) is 0 Å². The van der Waals surface area contributed by atoms with Crippen LogP contribution in [0.25, 0.3) is 0 Å². The minimum atomic E-state index is -0.655. The van der Waals surface area contributed by atoms with Gasteiger partial charge in [-0.2, -0.15) is 0 Å². The predicted octanol–water partition coefficient (Wildman–Crippen LogP) is 12.0. The van der Waals surface area contributed by atoms with Crippen molar-refractivity contribution in [3.05, 3.63) is 0 Å². The highest BCUT2D eigenvalue weighted by molar-refractivity contribution is 5.66. The molecule has 0 aromatic rings. The van der Waals surface area contributed by atoms with Gasteiger partial charge in [0.1, 0.15) is 0 Å². The first kappa shape index (κ1) is 37.9. The number of carboxylic acids is 2. The van der Waals surface area contributed by atoms with Gasteiger partial charge in [0.2, 0.25) is 0 Å². The van der Waals surface area contributed by atoms with Crippen molar-refractivity contribution in [1.82, 2.24) is 0 Å². The predicted molar refractivity (Wildman–Crippen MR) is 168 cm³/mol. The van der Waals surface area contributed by atoms with Gasteiger partial charge >= 0.3 is 11.9 Å². The summed E-state index contributed by atoms with van der Waals surface area (Å²) < 4.78 is 0.